The number of aliphatic hydroxyl groups is 1. The molecule has 1 aliphatic rings. The van der Waals surface area contributed by atoms with E-state index in [0.29, 0.717) is 36.4 Å². The number of carbonyl (C=O) groups excluding carboxylic acids is 5. The van der Waals surface area contributed by atoms with Gasteiger partial charge in [0.25, 0.3) is 5.69 Å². The number of pyridine rings is 1. The van der Waals surface area contributed by atoms with Crippen molar-refractivity contribution in [3.8, 4) is 0 Å². The molecule has 10 atom stereocenters. The van der Waals surface area contributed by atoms with Gasteiger partial charge in [0.1, 0.15) is 23.9 Å². The quantitative estimate of drug-likeness (QED) is 0.0523. The molecule has 0 radical (unpaired) electrons. The van der Waals surface area contributed by atoms with Gasteiger partial charge in [-0.25, -0.2) is 9.78 Å². The molecule has 5 amide bonds. The van der Waals surface area contributed by atoms with E-state index in [1.165, 1.54) is 77.4 Å². The molecule has 68 heavy (non-hydrogen) atoms. The van der Waals surface area contributed by atoms with Gasteiger partial charge in [-0.15, -0.1) is 0 Å². The number of nitrogens with one attached hydrogen (secondary N) is 2. The number of nitrogens with zero attached hydrogens (tertiary/aromatic N) is 5. The van der Waals surface area contributed by atoms with Crippen LogP contribution in [0.25, 0.3) is 0 Å². The molecule has 0 bridgehead atoms. The van der Waals surface area contributed by atoms with Gasteiger partial charge in [-0.3, -0.25) is 34.2 Å². The molecule has 2 heterocycles. The van der Waals surface area contributed by atoms with Crippen molar-refractivity contribution in [3.63, 3.8) is 0 Å². The van der Waals surface area contributed by atoms with Gasteiger partial charge in [0.2, 0.25) is 23.6 Å². The summed E-state index contributed by atoms with van der Waals surface area (Å²) in [5.41, 5.74) is 0.570. The van der Waals surface area contributed by atoms with Crippen LogP contribution in [-0.4, -0.2) is 149 Å². The topological polar surface area (TPSA) is 223 Å². The van der Waals surface area contributed by atoms with E-state index in [1.807, 2.05) is 39.0 Å². The first-order valence-corrected chi connectivity index (χ1v) is 25.6. The maximum Gasteiger partial charge on any atom is 0.410 e. The number of nitro groups is 1. The monoisotopic (exact) mass is 992 g/mol. The number of aromatic nitrogens is 1. The number of carbonyl (C=O) groups is 5. The minimum Gasteiger partial charge on any atom is -0.448 e. The number of likely N-dealkylation sites (N-methyl/N-ethyl adjacent to an activating group) is 2. The Morgan fingerprint density at radius 2 is 1.60 bits per heavy atom. The Morgan fingerprint density at radius 1 is 0.956 bits per heavy atom. The van der Waals surface area contributed by atoms with E-state index in [2.05, 4.69) is 29.5 Å². The van der Waals surface area contributed by atoms with Crippen molar-refractivity contribution in [1.29, 1.82) is 0 Å². The van der Waals surface area contributed by atoms with Crippen LogP contribution in [0.5, 0.6) is 0 Å². The summed E-state index contributed by atoms with van der Waals surface area (Å²) in [5.74, 6) is -2.56. The third-order valence-electron chi connectivity index (χ3n) is 12.0. The molecular weight excluding hydrogens is 915 g/mol. The van der Waals surface area contributed by atoms with E-state index in [-0.39, 0.29) is 54.2 Å². The van der Waals surface area contributed by atoms with Crippen LogP contribution in [0, 0.1) is 27.9 Å². The van der Waals surface area contributed by atoms with Crippen molar-refractivity contribution < 1.29 is 48.2 Å². The maximum absolute atomic E-state index is 14.2. The third kappa shape index (κ3) is 17.8. The van der Waals surface area contributed by atoms with Crippen LogP contribution >= 0.6 is 21.6 Å². The van der Waals surface area contributed by atoms with Crippen LogP contribution in [0.4, 0.5) is 10.5 Å². The largest absolute Gasteiger partial charge is 0.448 e. The summed E-state index contributed by atoms with van der Waals surface area (Å²) in [7, 11) is 8.76. The summed E-state index contributed by atoms with van der Waals surface area (Å²) in [6, 6.07) is 9.51. The van der Waals surface area contributed by atoms with E-state index in [1.54, 1.807) is 51.8 Å². The Balaban J connectivity index is 0.00000514. The maximum atomic E-state index is 14.2. The second kappa shape index (κ2) is 30.2. The molecule has 0 spiro atoms. The molecule has 1 aliphatic heterocycles. The Kier molecular flexibility index (Phi) is 26.5. The van der Waals surface area contributed by atoms with Crippen molar-refractivity contribution in [1.82, 2.24) is 30.3 Å². The van der Waals surface area contributed by atoms with Gasteiger partial charge in [-0.1, -0.05) is 102 Å². The average Bonchev–Trinajstić information content (AvgIpc) is 3.81. The summed E-state index contributed by atoms with van der Waals surface area (Å²) in [6.07, 6.45) is 1.41. The van der Waals surface area contributed by atoms with E-state index in [4.69, 9.17) is 14.2 Å². The molecule has 3 rings (SSSR count). The normalized spacial score (nSPS) is 17.5. The minimum atomic E-state index is -0.959. The predicted octanol–water partition coefficient (Wildman–Crippen LogP) is 6.90. The number of likely N-dealkylation sites (tertiary alicyclic amines) is 1. The summed E-state index contributed by atoms with van der Waals surface area (Å²) in [6.45, 7) is 17.2. The Labute approximate surface area is 411 Å². The predicted molar refractivity (Wildman–Crippen MR) is 266 cm³/mol. The lowest BCUT2D eigenvalue weighted by molar-refractivity contribution is -0.385. The number of benzene rings is 1. The third-order valence-corrected chi connectivity index (χ3v) is 14.7. The Bertz CT molecular complexity index is 1880. The van der Waals surface area contributed by atoms with Gasteiger partial charge in [-0.05, 0) is 60.9 Å². The standard InChI is InChI=1S/C45H69N7O11S2.C3H8/c1-12-28(4)40(35(61-10)23-37(53)51-22-16-19-34(51)42(62-11)30(6)43(56)48-31(7)41(55)32-17-14-13-15-18-32)49(8)38(54)25-47-44(57)39(27(2)3)50(9)45(58)63-26-29(5)64-65-36-21-20-33(24-46-36)52(59)60;1-3-2/h13-15,17-18,20-21,24,27-31,34-35,39-42,55H,12,16,19,22-23,25-26H2,1-11H3,(H,47,57)(H,48,56);3H2,1-2H3. The SMILES string of the molecule is CCC.CCC(C)C(C(CC(=O)N1CCCC1C(OC)C(C)C(=O)NC(C)C(O)c1ccccc1)OC)N(C)C(=O)CNC(=O)C(C(C)C)N(C)C(=O)OCC(C)SSc1ccc([N+](=O)[O-])cn1. The lowest BCUT2D eigenvalue weighted by Gasteiger charge is -2.39. The fourth-order valence-electron chi connectivity index (χ4n) is 8.11. The lowest BCUT2D eigenvalue weighted by Crippen LogP contribution is -2.56. The molecule has 3 N–H and O–H groups in total. The van der Waals surface area contributed by atoms with E-state index < -0.39 is 71.2 Å². The van der Waals surface area contributed by atoms with Gasteiger partial charge in [-0.2, -0.15) is 0 Å². The number of methoxy groups -OCH3 is 2. The molecule has 382 valence electrons. The minimum absolute atomic E-state index is 0.0199. The van der Waals surface area contributed by atoms with Crippen molar-refractivity contribution in [3.05, 3.63) is 64.3 Å². The zero-order valence-electron chi connectivity index (χ0n) is 42.2. The summed E-state index contributed by atoms with van der Waals surface area (Å²) >= 11 is 0. The van der Waals surface area contributed by atoms with Crippen molar-refractivity contribution >= 4 is 57.0 Å². The molecule has 2 aromatic rings. The number of hydrogen-bond acceptors (Lipinski definition) is 14. The van der Waals surface area contributed by atoms with Crippen molar-refractivity contribution in [2.75, 3.05) is 48.0 Å². The summed E-state index contributed by atoms with van der Waals surface area (Å²) < 4.78 is 17.4. The van der Waals surface area contributed by atoms with Gasteiger partial charge < -0.3 is 39.8 Å². The second-order valence-corrected chi connectivity index (χ2v) is 20.4. The van der Waals surface area contributed by atoms with Crippen LogP contribution < -0.4 is 10.6 Å². The first-order valence-electron chi connectivity index (χ1n) is 23.4. The van der Waals surface area contributed by atoms with Gasteiger partial charge >= 0.3 is 6.09 Å². The molecular formula is C48H77N7O11S2. The Hall–Kier alpha value is -4.50. The molecule has 0 saturated carbocycles. The fourth-order valence-corrected chi connectivity index (χ4v) is 9.97. The zero-order chi connectivity index (χ0) is 51.2. The average molecular weight is 992 g/mol. The van der Waals surface area contributed by atoms with Gasteiger partial charge in [0, 0.05) is 46.2 Å². The fraction of sp³-hybridized carbons (Fsp3) is 0.667. The van der Waals surface area contributed by atoms with Crippen LogP contribution in [0.15, 0.2) is 53.7 Å². The molecule has 1 aromatic carbocycles. The summed E-state index contributed by atoms with van der Waals surface area (Å²) in [4.78, 5) is 87.1. The van der Waals surface area contributed by atoms with E-state index in [9.17, 15) is 39.2 Å². The smallest absolute Gasteiger partial charge is 0.410 e. The van der Waals surface area contributed by atoms with Crippen LogP contribution in [0.3, 0.4) is 0 Å². The first kappa shape index (κ1) is 59.6. The molecule has 1 fully saturated rings. The molecule has 1 aromatic heterocycles. The first-order chi connectivity index (χ1) is 32.2. The highest BCUT2D eigenvalue weighted by molar-refractivity contribution is 8.76. The molecule has 0 aliphatic carbocycles. The van der Waals surface area contributed by atoms with Gasteiger partial charge in [0.15, 0.2) is 0 Å². The van der Waals surface area contributed by atoms with Crippen LogP contribution in [0.2, 0.25) is 0 Å². The highest BCUT2D eigenvalue weighted by Gasteiger charge is 2.42. The Morgan fingerprint density at radius 3 is 2.15 bits per heavy atom. The number of ether oxygens (including phenoxy) is 3. The number of aliphatic hydroxyl groups excluding tert-OH is 1. The van der Waals surface area contributed by atoms with Crippen molar-refractivity contribution in [2.45, 2.75) is 147 Å². The van der Waals surface area contributed by atoms with Gasteiger partial charge in [0.05, 0.1) is 60.2 Å². The summed E-state index contributed by atoms with van der Waals surface area (Å²) in [5, 5.41) is 27.8. The van der Waals surface area contributed by atoms with E-state index >= 15 is 0 Å². The zero-order valence-corrected chi connectivity index (χ0v) is 43.8. The van der Waals surface area contributed by atoms with Crippen molar-refractivity contribution in [2.24, 2.45) is 17.8 Å². The molecule has 18 nitrogen and oxygen atoms in total. The van der Waals surface area contributed by atoms with E-state index in [0.717, 1.165) is 0 Å². The number of amides is 5. The number of rotatable bonds is 25. The second-order valence-electron chi connectivity index (χ2n) is 17.7. The molecule has 10 unspecified atom stereocenters. The highest BCUT2D eigenvalue weighted by Crippen LogP contribution is 2.34. The molecule has 1 saturated heterocycles. The van der Waals surface area contributed by atoms with Crippen LogP contribution in [-0.2, 0) is 33.4 Å². The lowest BCUT2D eigenvalue weighted by atomic mass is 9.90. The van der Waals surface area contributed by atoms with Crippen LogP contribution in [0.1, 0.15) is 106 Å². The number of hydrogen-bond donors (Lipinski definition) is 3. The molecule has 20 heteroatoms. The highest BCUT2D eigenvalue weighted by atomic mass is 33.1.